The van der Waals surface area contributed by atoms with E-state index in [1.807, 2.05) is 0 Å². The molecule has 0 amide bonds. The second-order valence-corrected chi connectivity index (χ2v) is 4.08. The monoisotopic (exact) mass is 249 g/mol. The Balaban J connectivity index is 2.28. The molecule has 0 aliphatic carbocycles. The second kappa shape index (κ2) is 5.62. The molecule has 0 atom stereocenters. The first kappa shape index (κ1) is 12.5. The fourth-order valence-corrected chi connectivity index (χ4v) is 1.59. The van der Waals surface area contributed by atoms with E-state index in [1.54, 1.807) is 24.1 Å². The zero-order chi connectivity index (χ0) is 13.0. The Morgan fingerprint density at radius 3 is 2.89 bits per heavy atom. The van der Waals surface area contributed by atoms with Crippen molar-refractivity contribution in [2.24, 2.45) is 7.05 Å². The lowest BCUT2D eigenvalue weighted by Crippen LogP contribution is -1.99. The molecular formula is C13H16FN3O. The third-order valence-electron chi connectivity index (χ3n) is 2.54. The van der Waals surface area contributed by atoms with E-state index in [0.29, 0.717) is 23.7 Å². The highest BCUT2D eigenvalue weighted by Gasteiger charge is 2.11. The maximum Gasteiger partial charge on any atom is 0.184 e. The number of nitrogens with zero attached hydrogens (tertiary/aromatic N) is 3. The van der Waals surface area contributed by atoms with Crippen molar-refractivity contribution in [3.8, 4) is 17.1 Å². The Morgan fingerprint density at radius 2 is 2.22 bits per heavy atom. The predicted octanol–water partition coefficient (Wildman–Crippen LogP) is 2.80. The standard InChI is InChI=1S/C13H16FN3O/c1-3-4-7-18-12-8-10(14)5-6-11(12)13-15-9-17(2)16-13/h5-6,8-9H,3-4,7H2,1-2H3. The second-order valence-electron chi connectivity index (χ2n) is 4.08. The highest BCUT2D eigenvalue weighted by molar-refractivity contribution is 5.63. The first-order valence-corrected chi connectivity index (χ1v) is 5.99. The number of rotatable bonds is 5. The fourth-order valence-electron chi connectivity index (χ4n) is 1.59. The first-order valence-electron chi connectivity index (χ1n) is 5.99. The minimum atomic E-state index is -0.318. The third kappa shape index (κ3) is 2.85. The predicted molar refractivity (Wildman–Crippen MR) is 66.8 cm³/mol. The molecule has 0 saturated carbocycles. The normalized spacial score (nSPS) is 10.6. The smallest absolute Gasteiger partial charge is 0.184 e. The van der Waals surface area contributed by atoms with E-state index in [0.717, 1.165) is 12.8 Å². The van der Waals surface area contributed by atoms with Gasteiger partial charge in [-0.3, -0.25) is 4.68 Å². The van der Waals surface area contributed by atoms with Crippen molar-refractivity contribution in [2.75, 3.05) is 6.61 Å². The summed E-state index contributed by atoms with van der Waals surface area (Å²) >= 11 is 0. The van der Waals surface area contributed by atoms with Crippen molar-refractivity contribution in [3.63, 3.8) is 0 Å². The summed E-state index contributed by atoms with van der Waals surface area (Å²) in [5.74, 6) is 0.722. The van der Waals surface area contributed by atoms with Gasteiger partial charge in [0.05, 0.1) is 12.2 Å². The summed E-state index contributed by atoms with van der Waals surface area (Å²) in [6.45, 7) is 2.65. The van der Waals surface area contributed by atoms with Gasteiger partial charge in [-0.05, 0) is 18.6 Å². The molecule has 96 valence electrons. The molecule has 1 heterocycles. The number of unbranched alkanes of at least 4 members (excludes halogenated alkanes) is 1. The lowest BCUT2D eigenvalue weighted by molar-refractivity contribution is 0.309. The Hall–Kier alpha value is -1.91. The van der Waals surface area contributed by atoms with Crippen LogP contribution in [0.3, 0.4) is 0 Å². The van der Waals surface area contributed by atoms with Gasteiger partial charge in [0.15, 0.2) is 5.82 Å². The van der Waals surface area contributed by atoms with E-state index in [4.69, 9.17) is 4.74 Å². The number of hydrogen-bond donors (Lipinski definition) is 0. The molecule has 18 heavy (non-hydrogen) atoms. The molecule has 0 aliphatic heterocycles. The summed E-state index contributed by atoms with van der Waals surface area (Å²) in [5, 5.41) is 4.20. The van der Waals surface area contributed by atoms with Gasteiger partial charge in [-0.1, -0.05) is 13.3 Å². The van der Waals surface area contributed by atoms with Crippen LogP contribution in [0.15, 0.2) is 24.5 Å². The largest absolute Gasteiger partial charge is 0.493 e. The minimum absolute atomic E-state index is 0.318. The van der Waals surface area contributed by atoms with Crippen LogP contribution in [0.5, 0.6) is 5.75 Å². The van der Waals surface area contributed by atoms with Gasteiger partial charge in [0.2, 0.25) is 0 Å². The van der Waals surface area contributed by atoms with Crippen LogP contribution in [-0.4, -0.2) is 21.4 Å². The van der Waals surface area contributed by atoms with Crippen LogP contribution in [-0.2, 0) is 7.05 Å². The number of benzene rings is 1. The number of halogens is 1. The van der Waals surface area contributed by atoms with Crippen LogP contribution >= 0.6 is 0 Å². The maximum absolute atomic E-state index is 13.3. The van der Waals surface area contributed by atoms with Crippen LogP contribution in [0.2, 0.25) is 0 Å². The maximum atomic E-state index is 13.3. The zero-order valence-corrected chi connectivity index (χ0v) is 10.6. The molecular weight excluding hydrogens is 233 g/mol. The van der Waals surface area contributed by atoms with Gasteiger partial charge in [-0.15, -0.1) is 0 Å². The van der Waals surface area contributed by atoms with E-state index in [2.05, 4.69) is 17.0 Å². The molecule has 5 heteroatoms. The Labute approximate surface area is 105 Å². The molecule has 0 fully saturated rings. The molecule has 0 N–H and O–H groups in total. The average molecular weight is 249 g/mol. The van der Waals surface area contributed by atoms with Gasteiger partial charge in [-0.2, -0.15) is 5.10 Å². The highest BCUT2D eigenvalue weighted by Crippen LogP contribution is 2.28. The van der Waals surface area contributed by atoms with Gasteiger partial charge in [-0.25, -0.2) is 9.37 Å². The fraction of sp³-hybridized carbons (Fsp3) is 0.385. The van der Waals surface area contributed by atoms with Gasteiger partial charge in [0, 0.05) is 13.1 Å². The van der Waals surface area contributed by atoms with E-state index < -0.39 is 0 Å². The van der Waals surface area contributed by atoms with Crippen LogP contribution in [0.25, 0.3) is 11.4 Å². The summed E-state index contributed by atoms with van der Waals surface area (Å²) in [4.78, 5) is 4.15. The van der Waals surface area contributed by atoms with Crippen LogP contribution in [0, 0.1) is 5.82 Å². The van der Waals surface area contributed by atoms with Crippen LogP contribution < -0.4 is 4.74 Å². The SMILES string of the molecule is CCCCOc1cc(F)ccc1-c1ncn(C)n1. The molecule has 2 rings (SSSR count). The lowest BCUT2D eigenvalue weighted by Gasteiger charge is -2.09. The topological polar surface area (TPSA) is 39.9 Å². The van der Waals surface area contributed by atoms with Crippen molar-refractivity contribution in [1.29, 1.82) is 0 Å². The molecule has 0 unspecified atom stereocenters. The molecule has 2 aromatic rings. The van der Waals surface area contributed by atoms with Gasteiger partial charge < -0.3 is 4.74 Å². The van der Waals surface area contributed by atoms with E-state index >= 15 is 0 Å². The van der Waals surface area contributed by atoms with Crippen LogP contribution in [0.4, 0.5) is 4.39 Å². The van der Waals surface area contributed by atoms with Gasteiger partial charge in [0.1, 0.15) is 17.9 Å². The Bertz CT molecular complexity index is 525. The number of ether oxygens (including phenoxy) is 1. The summed E-state index contributed by atoms with van der Waals surface area (Å²) in [6, 6.07) is 4.41. The van der Waals surface area contributed by atoms with Crippen molar-refractivity contribution in [1.82, 2.24) is 14.8 Å². The third-order valence-corrected chi connectivity index (χ3v) is 2.54. The van der Waals surface area contributed by atoms with Gasteiger partial charge in [0.25, 0.3) is 0 Å². The lowest BCUT2D eigenvalue weighted by atomic mass is 10.2. The van der Waals surface area contributed by atoms with Crippen molar-refractivity contribution in [3.05, 3.63) is 30.3 Å². The quantitative estimate of drug-likeness (QED) is 0.765. The molecule has 0 spiro atoms. The Morgan fingerprint density at radius 1 is 1.39 bits per heavy atom. The van der Waals surface area contributed by atoms with E-state index in [-0.39, 0.29) is 5.82 Å². The Kier molecular flexibility index (Phi) is 3.92. The number of aromatic nitrogens is 3. The number of aryl methyl sites for hydroxylation is 1. The summed E-state index contributed by atoms with van der Waals surface area (Å²) < 4.78 is 20.4. The first-order chi connectivity index (χ1) is 8.70. The molecule has 0 bridgehead atoms. The molecule has 0 aliphatic rings. The summed E-state index contributed by atoms with van der Waals surface area (Å²) in [7, 11) is 1.79. The molecule has 0 radical (unpaired) electrons. The van der Waals surface area contributed by atoms with Crippen LogP contribution in [0.1, 0.15) is 19.8 Å². The number of hydrogen-bond acceptors (Lipinski definition) is 3. The minimum Gasteiger partial charge on any atom is -0.493 e. The average Bonchev–Trinajstić information content (AvgIpc) is 2.76. The molecule has 1 aromatic heterocycles. The highest BCUT2D eigenvalue weighted by atomic mass is 19.1. The summed E-state index contributed by atoms with van der Waals surface area (Å²) in [6.07, 6.45) is 3.58. The van der Waals surface area contributed by atoms with E-state index in [9.17, 15) is 4.39 Å². The van der Waals surface area contributed by atoms with Gasteiger partial charge >= 0.3 is 0 Å². The van der Waals surface area contributed by atoms with E-state index in [1.165, 1.54) is 12.1 Å². The van der Waals surface area contributed by atoms with Crippen molar-refractivity contribution in [2.45, 2.75) is 19.8 Å². The van der Waals surface area contributed by atoms with Crippen molar-refractivity contribution < 1.29 is 9.13 Å². The molecule has 4 nitrogen and oxygen atoms in total. The zero-order valence-electron chi connectivity index (χ0n) is 10.6. The molecule has 1 aromatic carbocycles. The molecule has 0 saturated heterocycles. The van der Waals surface area contributed by atoms with Crippen molar-refractivity contribution >= 4 is 0 Å². The summed E-state index contributed by atoms with van der Waals surface area (Å²) in [5.41, 5.74) is 0.716.